The summed E-state index contributed by atoms with van der Waals surface area (Å²) in [6.07, 6.45) is 1.07. The SMILES string of the molecule is CNC1CCN(c2cc(OC)ccc2Nc2ccc(N(C)SONc3cscn3)c(F)c2)C1.S. The molecule has 2 aromatic carbocycles. The molecule has 1 saturated heterocycles. The van der Waals surface area contributed by atoms with Gasteiger partial charge in [0.05, 0.1) is 29.7 Å². The number of rotatable bonds is 10. The van der Waals surface area contributed by atoms with Crippen LogP contribution in [0.2, 0.25) is 0 Å². The topological polar surface area (TPSA) is 73.9 Å². The van der Waals surface area contributed by atoms with E-state index in [1.165, 1.54) is 17.4 Å². The molecule has 4 rings (SSSR count). The third-order valence-corrected chi connectivity index (χ3v) is 6.60. The quantitative estimate of drug-likeness (QED) is 0.193. The molecule has 0 saturated carbocycles. The summed E-state index contributed by atoms with van der Waals surface area (Å²) < 4.78 is 27.2. The van der Waals surface area contributed by atoms with E-state index in [2.05, 4.69) is 26.0 Å². The molecule has 1 aliphatic rings. The van der Waals surface area contributed by atoms with Gasteiger partial charge in [-0.25, -0.2) is 14.9 Å². The van der Waals surface area contributed by atoms with Gasteiger partial charge in [0.25, 0.3) is 0 Å². The third-order valence-electron chi connectivity index (χ3n) is 5.44. The summed E-state index contributed by atoms with van der Waals surface area (Å²) in [4.78, 5) is 6.38. The molecule has 3 N–H and O–H groups in total. The number of benzene rings is 2. The van der Waals surface area contributed by atoms with Crippen molar-refractivity contribution in [1.29, 1.82) is 0 Å². The zero-order valence-corrected chi connectivity index (χ0v) is 21.8. The molecular formula is C22H29FN6O2S3. The highest BCUT2D eigenvalue weighted by atomic mass is 32.2. The molecule has 0 aliphatic carbocycles. The van der Waals surface area contributed by atoms with Gasteiger partial charge < -0.3 is 20.3 Å². The molecular weight excluding hydrogens is 495 g/mol. The van der Waals surface area contributed by atoms with E-state index in [0.29, 0.717) is 23.2 Å². The first-order chi connectivity index (χ1) is 16.1. The van der Waals surface area contributed by atoms with Crippen LogP contribution >= 0.6 is 37.1 Å². The highest BCUT2D eigenvalue weighted by molar-refractivity contribution is 7.96. The number of hydrogen-bond donors (Lipinski definition) is 3. The molecule has 0 amide bonds. The van der Waals surface area contributed by atoms with Crippen LogP contribution in [0.4, 0.5) is 33.0 Å². The molecule has 8 nitrogen and oxygen atoms in total. The number of aromatic nitrogens is 1. The van der Waals surface area contributed by atoms with Crippen molar-refractivity contribution in [2.24, 2.45) is 0 Å². The lowest BCUT2D eigenvalue weighted by molar-refractivity contribution is 0.415. The summed E-state index contributed by atoms with van der Waals surface area (Å²) in [6, 6.07) is 11.4. The van der Waals surface area contributed by atoms with Crippen LogP contribution < -0.4 is 30.1 Å². The van der Waals surface area contributed by atoms with E-state index in [0.717, 1.165) is 48.9 Å². The lowest BCUT2D eigenvalue weighted by Gasteiger charge is -2.24. The zero-order chi connectivity index (χ0) is 23.2. The molecule has 0 spiro atoms. The summed E-state index contributed by atoms with van der Waals surface area (Å²) in [5.74, 6) is 1.03. The minimum absolute atomic E-state index is 0. The summed E-state index contributed by atoms with van der Waals surface area (Å²) in [5, 5.41) is 8.53. The average Bonchev–Trinajstić information content (AvgIpc) is 3.51. The molecule has 3 aromatic rings. The Labute approximate surface area is 214 Å². The summed E-state index contributed by atoms with van der Waals surface area (Å²) in [6.45, 7) is 1.85. The summed E-state index contributed by atoms with van der Waals surface area (Å²) in [5.41, 5.74) is 7.40. The molecule has 1 atom stereocenters. The number of likely N-dealkylation sites (N-methyl/N-ethyl adjacent to an activating group) is 1. The smallest absolute Gasteiger partial charge is 0.161 e. The van der Waals surface area contributed by atoms with Crippen LogP contribution in [-0.4, -0.2) is 45.3 Å². The fourth-order valence-corrected chi connectivity index (χ4v) is 4.57. The minimum Gasteiger partial charge on any atom is -0.497 e. The van der Waals surface area contributed by atoms with Crippen LogP contribution in [0.3, 0.4) is 0 Å². The Hall–Kier alpha value is -2.38. The van der Waals surface area contributed by atoms with Crippen molar-refractivity contribution in [2.45, 2.75) is 12.5 Å². The van der Waals surface area contributed by atoms with Crippen molar-refractivity contribution in [3.05, 3.63) is 53.1 Å². The molecule has 2 heterocycles. The van der Waals surface area contributed by atoms with Gasteiger partial charge in [-0.15, -0.1) is 11.3 Å². The second kappa shape index (κ2) is 12.4. The standard InChI is InChI=1S/C22H27FN6O2S2.H2S/c1-24-16-8-9-29(12-16)21-11-17(30-3)5-6-19(21)26-15-4-7-20(18(23)10-15)28(2)33-31-27-22-13-32-14-25-22;/h4-7,10-11,13-14,16,24,26-27H,8-9,12H2,1-3H3;1H2. The number of methoxy groups -OCH3 is 1. The highest BCUT2D eigenvalue weighted by Gasteiger charge is 2.23. The van der Waals surface area contributed by atoms with Crippen molar-refractivity contribution in [2.75, 3.05) is 54.3 Å². The van der Waals surface area contributed by atoms with Crippen LogP contribution in [-0.2, 0) is 4.28 Å². The molecule has 0 bridgehead atoms. The third kappa shape index (κ3) is 6.39. The predicted molar refractivity (Wildman–Crippen MR) is 146 cm³/mol. The van der Waals surface area contributed by atoms with Crippen molar-refractivity contribution in [1.82, 2.24) is 10.3 Å². The van der Waals surface area contributed by atoms with Crippen LogP contribution in [0.15, 0.2) is 47.3 Å². The highest BCUT2D eigenvalue weighted by Crippen LogP contribution is 2.36. The maximum absolute atomic E-state index is 14.9. The normalized spacial score (nSPS) is 15.1. The number of halogens is 1. The molecule has 184 valence electrons. The molecule has 1 aliphatic heterocycles. The second-order valence-electron chi connectivity index (χ2n) is 7.53. The van der Waals surface area contributed by atoms with Crippen molar-refractivity contribution in [3.8, 4) is 5.75 Å². The van der Waals surface area contributed by atoms with Crippen LogP contribution in [0.5, 0.6) is 5.75 Å². The van der Waals surface area contributed by atoms with Crippen molar-refractivity contribution in [3.63, 3.8) is 0 Å². The van der Waals surface area contributed by atoms with E-state index in [4.69, 9.17) is 9.02 Å². The Morgan fingerprint density at radius 1 is 1.26 bits per heavy atom. The zero-order valence-electron chi connectivity index (χ0n) is 19.2. The van der Waals surface area contributed by atoms with Crippen LogP contribution in [0.1, 0.15) is 6.42 Å². The molecule has 12 heteroatoms. The number of nitrogens with zero attached hydrogens (tertiary/aromatic N) is 3. The minimum atomic E-state index is -0.362. The largest absolute Gasteiger partial charge is 0.497 e. The van der Waals surface area contributed by atoms with Gasteiger partial charge >= 0.3 is 0 Å². The van der Waals surface area contributed by atoms with Gasteiger partial charge in [-0.2, -0.15) is 17.8 Å². The van der Waals surface area contributed by atoms with Gasteiger partial charge in [0.15, 0.2) is 5.82 Å². The van der Waals surface area contributed by atoms with E-state index < -0.39 is 0 Å². The Morgan fingerprint density at radius 2 is 2.12 bits per heavy atom. The van der Waals surface area contributed by atoms with E-state index in [-0.39, 0.29) is 19.3 Å². The predicted octanol–water partition coefficient (Wildman–Crippen LogP) is 4.99. The lowest BCUT2D eigenvalue weighted by atomic mass is 10.2. The van der Waals surface area contributed by atoms with E-state index in [1.54, 1.807) is 30.0 Å². The monoisotopic (exact) mass is 524 g/mol. The molecule has 34 heavy (non-hydrogen) atoms. The molecule has 1 unspecified atom stereocenters. The van der Waals surface area contributed by atoms with Gasteiger partial charge in [-0.05, 0) is 43.8 Å². The molecule has 1 aromatic heterocycles. The second-order valence-corrected chi connectivity index (χ2v) is 9.11. The van der Waals surface area contributed by atoms with Gasteiger partial charge in [0, 0.05) is 43.3 Å². The van der Waals surface area contributed by atoms with Gasteiger partial charge in [-0.1, -0.05) is 0 Å². The van der Waals surface area contributed by atoms with Crippen molar-refractivity contribution >= 4 is 65.6 Å². The Kier molecular flexibility index (Phi) is 9.54. The summed E-state index contributed by atoms with van der Waals surface area (Å²) in [7, 11) is 5.37. The number of hydrogen-bond acceptors (Lipinski definition) is 10. The first-order valence-corrected chi connectivity index (χ1v) is 12.1. The Morgan fingerprint density at radius 3 is 2.79 bits per heavy atom. The number of thiazole rings is 1. The molecule has 0 radical (unpaired) electrons. The lowest BCUT2D eigenvalue weighted by Crippen LogP contribution is -2.29. The number of ether oxygens (including phenoxy) is 1. The fourth-order valence-electron chi connectivity index (χ4n) is 3.64. The fraction of sp³-hybridized carbons (Fsp3) is 0.318. The van der Waals surface area contributed by atoms with Gasteiger partial charge in [-0.3, -0.25) is 4.31 Å². The summed E-state index contributed by atoms with van der Waals surface area (Å²) >= 11 is 2.43. The van der Waals surface area contributed by atoms with Gasteiger partial charge in [0.2, 0.25) is 0 Å². The number of nitrogens with one attached hydrogen (secondary N) is 3. The van der Waals surface area contributed by atoms with E-state index in [9.17, 15) is 4.39 Å². The van der Waals surface area contributed by atoms with E-state index in [1.807, 2.05) is 36.7 Å². The van der Waals surface area contributed by atoms with Crippen LogP contribution in [0, 0.1) is 5.82 Å². The Balaban J connectivity index is 0.00000324. The first kappa shape index (κ1) is 26.2. The van der Waals surface area contributed by atoms with Crippen molar-refractivity contribution < 1.29 is 13.4 Å². The van der Waals surface area contributed by atoms with Gasteiger partial charge in [0.1, 0.15) is 23.8 Å². The first-order valence-electron chi connectivity index (χ1n) is 10.5. The van der Waals surface area contributed by atoms with Crippen LogP contribution in [0.25, 0.3) is 0 Å². The Bertz CT molecular complexity index is 1060. The maximum atomic E-state index is 14.9. The molecule has 1 fully saturated rings. The maximum Gasteiger partial charge on any atom is 0.161 e. The average molecular weight is 525 g/mol. The van der Waals surface area contributed by atoms with E-state index >= 15 is 0 Å². The number of anilines is 5.